The highest BCUT2D eigenvalue weighted by Gasteiger charge is 2.33. The number of nitrogens with zero attached hydrogens (tertiary/aromatic N) is 2. The first-order valence-corrected chi connectivity index (χ1v) is 5.79. The van der Waals surface area contributed by atoms with Crippen LogP contribution in [0.1, 0.15) is 38.4 Å². The first-order valence-electron chi connectivity index (χ1n) is 5.79. The molecule has 6 heteroatoms. The normalized spacial score (nSPS) is 13.9. The molecule has 0 fully saturated rings. The van der Waals surface area contributed by atoms with Crippen LogP contribution in [0.4, 0.5) is 13.2 Å². The molecule has 17 heavy (non-hydrogen) atoms. The quantitative estimate of drug-likeness (QED) is 0.840. The van der Waals surface area contributed by atoms with Gasteiger partial charge < -0.3 is 5.32 Å². The maximum absolute atomic E-state index is 12.5. The first-order chi connectivity index (χ1) is 7.98. The van der Waals surface area contributed by atoms with Crippen LogP contribution in [0.25, 0.3) is 0 Å². The lowest BCUT2D eigenvalue weighted by atomic mass is 10.1. The lowest BCUT2D eigenvalue weighted by Gasteiger charge is -2.20. The van der Waals surface area contributed by atoms with E-state index in [9.17, 15) is 13.2 Å². The lowest BCUT2D eigenvalue weighted by molar-refractivity contribution is -0.140. The third-order valence-corrected chi connectivity index (χ3v) is 2.43. The van der Waals surface area contributed by atoms with E-state index in [0.29, 0.717) is 18.8 Å². The molecule has 1 rings (SSSR count). The minimum absolute atomic E-state index is 0.498. The average molecular weight is 249 g/mol. The summed E-state index contributed by atoms with van der Waals surface area (Å²) in [5, 5.41) is 6.91. The Labute approximate surface area is 99.0 Å². The molecule has 0 aliphatic carbocycles. The Morgan fingerprint density at radius 1 is 1.41 bits per heavy atom. The average Bonchev–Trinajstić information content (AvgIpc) is 2.64. The van der Waals surface area contributed by atoms with Gasteiger partial charge in [-0.2, -0.15) is 18.3 Å². The molecule has 1 unspecified atom stereocenters. The van der Waals surface area contributed by atoms with Crippen molar-refractivity contribution in [1.82, 2.24) is 15.1 Å². The molecule has 1 atom stereocenters. The summed E-state index contributed by atoms with van der Waals surface area (Å²) in [5.74, 6) is 0. The molecule has 0 bridgehead atoms. The molecule has 0 amide bonds. The van der Waals surface area contributed by atoms with E-state index in [1.54, 1.807) is 23.9 Å². The number of hydrogen-bond donors (Lipinski definition) is 1. The minimum Gasteiger partial charge on any atom is -0.309 e. The first kappa shape index (κ1) is 14.0. The highest BCUT2D eigenvalue weighted by molar-refractivity contribution is 5.07. The Balaban J connectivity index is 2.84. The second kappa shape index (κ2) is 6.05. The number of hydrogen-bond acceptors (Lipinski definition) is 2. The van der Waals surface area contributed by atoms with E-state index < -0.39 is 18.6 Å². The molecule has 0 saturated carbocycles. The Hall–Kier alpha value is -1.04. The van der Waals surface area contributed by atoms with Crippen molar-refractivity contribution < 1.29 is 13.2 Å². The van der Waals surface area contributed by atoms with Gasteiger partial charge >= 0.3 is 6.18 Å². The number of aryl methyl sites for hydroxylation is 1. The summed E-state index contributed by atoms with van der Waals surface area (Å²) in [6.45, 7) is 4.90. The molecule has 0 aliphatic heterocycles. The fraction of sp³-hybridized carbons (Fsp3) is 0.727. The molecular formula is C11H18F3N3. The SMILES string of the molecule is CCCn1nccc1C(CC(F)(F)F)NCC. The van der Waals surface area contributed by atoms with Crippen molar-refractivity contribution in [3.63, 3.8) is 0 Å². The van der Waals surface area contributed by atoms with Crippen LogP contribution in [0.3, 0.4) is 0 Å². The number of alkyl halides is 3. The Kier molecular flexibility index (Phi) is 4.99. The largest absolute Gasteiger partial charge is 0.390 e. The van der Waals surface area contributed by atoms with E-state index in [2.05, 4.69) is 10.4 Å². The van der Waals surface area contributed by atoms with Crippen LogP contribution in [0.2, 0.25) is 0 Å². The van der Waals surface area contributed by atoms with Gasteiger partial charge in [0.1, 0.15) is 0 Å². The summed E-state index contributed by atoms with van der Waals surface area (Å²) in [5.41, 5.74) is 0.603. The van der Waals surface area contributed by atoms with Gasteiger partial charge in [0.05, 0.1) is 18.2 Å². The van der Waals surface area contributed by atoms with E-state index in [-0.39, 0.29) is 0 Å². The zero-order valence-corrected chi connectivity index (χ0v) is 10.1. The zero-order valence-electron chi connectivity index (χ0n) is 10.1. The zero-order chi connectivity index (χ0) is 12.9. The van der Waals surface area contributed by atoms with Crippen LogP contribution in [-0.2, 0) is 6.54 Å². The molecule has 1 heterocycles. The maximum Gasteiger partial charge on any atom is 0.390 e. The van der Waals surface area contributed by atoms with Crippen molar-refractivity contribution >= 4 is 0 Å². The molecule has 0 saturated heterocycles. The van der Waals surface area contributed by atoms with Crippen LogP contribution in [-0.4, -0.2) is 22.5 Å². The molecule has 3 nitrogen and oxygen atoms in total. The van der Waals surface area contributed by atoms with Gasteiger partial charge in [0.15, 0.2) is 0 Å². The number of aromatic nitrogens is 2. The van der Waals surface area contributed by atoms with E-state index in [1.165, 1.54) is 0 Å². The van der Waals surface area contributed by atoms with Gasteiger partial charge in [0, 0.05) is 12.7 Å². The summed E-state index contributed by atoms with van der Waals surface area (Å²) in [6.07, 6.45) is -2.64. The standard InChI is InChI=1S/C11H18F3N3/c1-3-7-17-10(5-6-16-17)9(15-4-2)8-11(12,13)14/h5-6,9,15H,3-4,7-8H2,1-2H3. The second-order valence-electron chi connectivity index (χ2n) is 3.91. The molecule has 0 radical (unpaired) electrons. The fourth-order valence-corrected chi connectivity index (χ4v) is 1.80. The number of nitrogens with one attached hydrogen (secondary N) is 1. The molecule has 0 aromatic carbocycles. The van der Waals surface area contributed by atoms with Gasteiger partial charge in [0.25, 0.3) is 0 Å². The van der Waals surface area contributed by atoms with Gasteiger partial charge in [-0.15, -0.1) is 0 Å². The van der Waals surface area contributed by atoms with Crippen LogP contribution in [0.15, 0.2) is 12.3 Å². The molecule has 0 spiro atoms. The molecule has 1 N–H and O–H groups in total. The smallest absolute Gasteiger partial charge is 0.309 e. The van der Waals surface area contributed by atoms with Gasteiger partial charge in [-0.1, -0.05) is 13.8 Å². The van der Waals surface area contributed by atoms with Crippen LogP contribution >= 0.6 is 0 Å². The van der Waals surface area contributed by atoms with Crippen LogP contribution in [0, 0.1) is 0 Å². The fourth-order valence-electron chi connectivity index (χ4n) is 1.80. The predicted octanol–water partition coefficient (Wildman–Crippen LogP) is 2.90. The van der Waals surface area contributed by atoms with Crippen molar-refractivity contribution in [2.24, 2.45) is 0 Å². The monoisotopic (exact) mass is 249 g/mol. The predicted molar refractivity (Wildman–Crippen MR) is 59.6 cm³/mol. The molecule has 1 aromatic rings. The summed E-state index contributed by atoms with van der Waals surface area (Å²) in [7, 11) is 0. The maximum atomic E-state index is 12.5. The van der Waals surface area contributed by atoms with E-state index >= 15 is 0 Å². The van der Waals surface area contributed by atoms with E-state index in [1.807, 2.05) is 6.92 Å². The highest BCUT2D eigenvalue weighted by Crippen LogP contribution is 2.29. The van der Waals surface area contributed by atoms with Crippen molar-refractivity contribution in [3.8, 4) is 0 Å². The Morgan fingerprint density at radius 3 is 2.65 bits per heavy atom. The summed E-state index contributed by atoms with van der Waals surface area (Å²) in [4.78, 5) is 0. The van der Waals surface area contributed by atoms with Crippen molar-refractivity contribution in [2.45, 2.75) is 45.5 Å². The Morgan fingerprint density at radius 2 is 2.12 bits per heavy atom. The van der Waals surface area contributed by atoms with Crippen molar-refractivity contribution in [3.05, 3.63) is 18.0 Å². The summed E-state index contributed by atoms with van der Waals surface area (Å²) >= 11 is 0. The Bertz CT molecular complexity index is 333. The van der Waals surface area contributed by atoms with Gasteiger partial charge in [0.2, 0.25) is 0 Å². The van der Waals surface area contributed by atoms with Gasteiger partial charge in [-0.25, -0.2) is 0 Å². The third kappa shape index (κ3) is 4.38. The summed E-state index contributed by atoms with van der Waals surface area (Å²) in [6, 6.07) is 0.934. The van der Waals surface area contributed by atoms with E-state index in [0.717, 1.165) is 6.42 Å². The molecular weight excluding hydrogens is 231 g/mol. The van der Waals surface area contributed by atoms with Crippen LogP contribution < -0.4 is 5.32 Å². The van der Waals surface area contributed by atoms with Gasteiger partial charge in [-0.3, -0.25) is 4.68 Å². The number of halogens is 3. The van der Waals surface area contributed by atoms with E-state index in [4.69, 9.17) is 0 Å². The topological polar surface area (TPSA) is 29.9 Å². The van der Waals surface area contributed by atoms with Crippen LogP contribution in [0.5, 0.6) is 0 Å². The highest BCUT2D eigenvalue weighted by atomic mass is 19.4. The summed E-state index contributed by atoms with van der Waals surface area (Å²) < 4.78 is 39.0. The lowest BCUT2D eigenvalue weighted by Crippen LogP contribution is -2.28. The molecule has 1 aromatic heterocycles. The van der Waals surface area contributed by atoms with Crippen molar-refractivity contribution in [2.75, 3.05) is 6.54 Å². The third-order valence-electron chi connectivity index (χ3n) is 2.43. The van der Waals surface area contributed by atoms with Crippen molar-refractivity contribution in [1.29, 1.82) is 0 Å². The second-order valence-corrected chi connectivity index (χ2v) is 3.91. The molecule has 0 aliphatic rings. The number of rotatable bonds is 6. The van der Waals surface area contributed by atoms with Gasteiger partial charge in [-0.05, 0) is 19.0 Å². The molecule has 98 valence electrons. The minimum atomic E-state index is -4.17.